The first-order valence-electron chi connectivity index (χ1n) is 6.80. The molecule has 0 bridgehead atoms. The summed E-state index contributed by atoms with van der Waals surface area (Å²) >= 11 is 0. The van der Waals surface area contributed by atoms with Crippen LogP contribution in [0.1, 0.15) is 27.2 Å². The molecule has 0 unspecified atom stereocenters. The van der Waals surface area contributed by atoms with Gasteiger partial charge in [-0.05, 0) is 38.5 Å². The summed E-state index contributed by atoms with van der Waals surface area (Å²) in [4.78, 5) is 2.40. The second kappa shape index (κ2) is 6.45. The SMILES string of the molecule is CCCN(c1cc(S(=O)(=O)N(C)C)ccc1N)C(C)C. The van der Waals surface area contributed by atoms with Crippen LogP contribution in [0.2, 0.25) is 0 Å². The lowest BCUT2D eigenvalue weighted by molar-refractivity contribution is 0.520. The number of sulfonamides is 1. The van der Waals surface area contributed by atoms with E-state index in [4.69, 9.17) is 5.73 Å². The number of nitrogens with zero attached hydrogens (tertiary/aromatic N) is 2. The lowest BCUT2D eigenvalue weighted by Gasteiger charge is -2.30. The molecule has 0 heterocycles. The molecule has 0 saturated heterocycles. The van der Waals surface area contributed by atoms with Crippen LogP contribution in [-0.2, 0) is 10.0 Å². The summed E-state index contributed by atoms with van der Waals surface area (Å²) in [5, 5.41) is 0. The largest absolute Gasteiger partial charge is 0.397 e. The molecule has 0 radical (unpaired) electrons. The van der Waals surface area contributed by atoms with Crippen molar-refractivity contribution in [1.29, 1.82) is 0 Å². The van der Waals surface area contributed by atoms with Crippen LogP contribution in [-0.4, -0.2) is 39.4 Å². The normalized spacial score (nSPS) is 12.2. The maximum atomic E-state index is 12.2. The van der Waals surface area contributed by atoms with Gasteiger partial charge < -0.3 is 10.6 Å². The minimum absolute atomic E-state index is 0.259. The van der Waals surface area contributed by atoms with E-state index in [1.165, 1.54) is 18.4 Å². The van der Waals surface area contributed by atoms with Crippen LogP contribution in [0.15, 0.2) is 23.1 Å². The van der Waals surface area contributed by atoms with Crippen molar-refractivity contribution in [2.24, 2.45) is 0 Å². The maximum absolute atomic E-state index is 12.2. The number of benzene rings is 1. The van der Waals surface area contributed by atoms with Crippen LogP contribution in [0.25, 0.3) is 0 Å². The third kappa shape index (κ3) is 3.43. The van der Waals surface area contributed by atoms with Gasteiger partial charge >= 0.3 is 0 Å². The molecule has 114 valence electrons. The Kier molecular flexibility index (Phi) is 5.42. The van der Waals surface area contributed by atoms with Gasteiger partial charge in [0, 0.05) is 26.7 Å². The highest BCUT2D eigenvalue weighted by Crippen LogP contribution is 2.29. The molecule has 0 aliphatic carbocycles. The van der Waals surface area contributed by atoms with Gasteiger partial charge in [-0.15, -0.1) is 0 Å². The molecular formula is C14H25N3O2S. The minimum atomic E-state index is -3.44. The number of nitrogens with two attached hydrogens (primary N) is 1. The van der Waals surface area contributed by atoms with Crippen LogP contribution in [0.3, 0.4) is 0 Å². The Balaban J connectivity index is 3.34. The summed E-state index contributed by atoms with van der Waals surface area (Å²) in [7, 11) is -0.388. The number of rotatable bonds is 6. The fourth-order valence-electron chi connectivity index (χ4n) is 2.04. The Morgan fingerprint density at radius 3 is 2.30 bits per heavy atom. The first kappa shape index (κ1) is 16.8. The van der Waals surface area contributed by atoms with Crippen molar-refractivity contribution in [1.82, 2.24) is 4.31 Å². The van der Waals surface area contributed by atoms with Gasteiger partial charge in [-0.2, -0.15) is 0 Å². The van der Waals surface area contributed by atoms with Gasteiger partial charge in [-0.25, -0.2) is 12.7 Å². The van der Waals surface area contributed by atoms with Gasteiger partial charge in [0.05, 0.1) is 16.3 Å². The molecule has 5 nitrogen and oxygen atoms in total. The molecule has 1 aromatic rings. The molecule has 6 heteroatoms. The van der Waals surface area contributed by atoms with E-state index in [0.717, 1.165) is 18.7 Å². The standard InChI is InChI=1S/C14H25N3O2S/c1-6-9-17(11(2)3)14-10-12(7-8-13(14)15)20(18,19)16(4)5/h7-8,10-11H,6,9,15H2,1-5H3. The van der Waals surface area contributed by atoms with E-state index in [9.17, 15) is 8.42 Å². The van der Waals surface area contributed by atoms with E-state index in [2.05, 4.69) is 25.7 Å². The zero-order valence-corrected chi connectivity index (χ0v) is 13.7. The molecule has 0 atom stereocenters. The van der Waals surface area contributed by atoms with Gasteiger partial charge in [0.1, 0.15) is 0 Å². The van der Waals surface area contributed by atoms with Crippen molar-refractivity contribution in [3.8, 4) is 0 Å². The van der Waals surface area contributed by atoms with Crippen molar-refractivity contribution in [3.63, 3.8) is 0 Å². The topological polar surface area (TPSA) is 66.6 Å². The summed E-state index contributed by atoms with van der Waals surface area (Å²) in [5.41, 5.74) is 7.41. The highest BCUT2D eigenvalue weighted by molar-refractivity contribution is 7.89. The second-order valence-electron chi connectivity index (χ2n) is 5.30. The molecular weight excluding hydrogens is 274 g/mol. The van der Waals surface area contributed by atoms with Crippen LogP contribution >= 0.6 is 0 Å². The number of nitrogen functional groups attached to an aromatic ring is 1. The maximum Gasteiger partial charge on any atom is 0.242 e. The third-order valence-electron chi connectivity index (χ3n) is 3.18. The Bertz CT molecular complexity index is 554. The Labute approximate surface area is 122 Å². The molecule has 0 aromatic heterocycles. The van der Waals surface area contributed by atoms with Gasteiger partial charge in [0.2, 0.25) is 10.0 Å². The first-order chi connectivity index (χ1) is 9.21. The van der Waals surface area contributed by atoms with Crippen LogP contribution in [0.5, 0.6) is 0 Å². The molecule has 0 spiro atoms. The fraction of sp³-hybridized carbons (Fsp3) is 0.571. The van der Waals surface area contributed by atoms with Crippen molar-refractivity contribution in [2.75, 3.05) is 31.3 Å². The number of anilines is 2. The summed E-state index contributed by atoms with van der Waals surface area (Å²) in [6, 6.07) is 5.14. The average Bonchev–Trinajstić information content (AvgIpc) is 2.36. The van der Waals surface area contributed by atoms with Crippen molar-refractivity contribution in [2.45, 2.75) is 38.1 Å². The number of hydrogen-bond donors (Lipinski definition) is 1. The van der Waals surface area contributed by atoms with E-state index >= 15 is 0 Å². The van der Waals surface area contributed by atoms with E-state index in [1.54, 1.807) is 18.2 Å². The van der Waals surface area contributed by atoms with Gasteiger partial charge in [0.25, 0.3) is 0 Å². The van der Waals surface area contributed by atoms with Crippen LogP contribution in [0, 0.1) is 0 Å². The molecule has 20 heavy (non-hydrogen) atoms. The smallest absolute Gasteiger partial charge is 0.242 e. The monoisotopic (exact) mass is 299 g/mol. The fourth-order valence-corrected chi connectivity index (χ4v) is 2.96. The zero-order chi connectivity index (χ0) is 15.5. The predicted molar refractivity (Wildman–Crippen MR) is 84.5 cm³/mol. The van der Waals surface area contributed by atoms with Gasteiger partial charge in [-0.3, -0.25) is 0 Å². The summed E-state index contributed by atoms with van der Waals surface area (Å²) in [5.74, 6) is 0. The van der Waals surface area contributed by atoms with E-state index in [0.29, 0.717) is 5.69 Å². The summed E-state index contributed by atoms with van der Waals surface area (Å²) in [6.45, 7) is 7.07. The Morgan fingerprint density at radius 2 is 1.85 bits per heavy atom. The highest BCUT2D eigenvalue weighted by atomic mass is 32.2. The number of hydrogen-bond acceptors (Lipinski definition) is 4. The molecule has 0 aliphatic heterocycles. The first-order valence-corrected chi connectivity index (χ1v) is 8.24. The second-order valence-corrected chi connectivity index (χ2v) is 7.45. The van der Waals surface area contributed by atoms with Gasteiger partial charge in [-0.1, -0.05) is 6.92 Å². The molecule has 0 saturated carbocycles. The van der Waals surface area contributed by atoms with Crippen molar-refractivity contribution < 1.29 is 8.42 Å². The van der Waals surface area contributed by atoms with Gasteiger partial charge in [0.15, 0.2) is 0 Å². The Hall–Kier alpha value is -1.27. The molecule has 2 N–H and O–H groups in total. The summed E-state index contributed by atoms with van der Waals surface area (Å²) < 4.78 is 25.6. The molecule has 0 fully saturated rings. The quantitative estimate of drug-likeness (QED) is 0.817. The van der Waals surface area contributed by atoms with Crippen molar-refractivity contribution in [3.05, 3.63) is 18.2 Å². The average molecular weight is 299 g/mol. The highest BCUT2D eigenvalue weighted by Gasteiger charge is 2.20. The molecule has 0 aliphatic rings. The lowest BCUT2D eigenvalue weighted by Crippen LogP contribution is -2.32. The zero-order valence-electron chi connectivity index (χ0n) is 12.9. The molecule has 0 amide bonds. The predicted octanol–water partition coefficient (Wildman–Crippen LogP) is 2.14. The Morgan fingerprint density at radius 1 is 1.25 bits per heavy atom. The summed E-state index contributed by atoms with van der Waals surface area (Å²) in [6.07, 6.45) is 0.974. The van der Waals surface area contributed by atoms with E-state index in [-0.39, 0.29) is 10.9 Å². The van der Waals surface area contributed by atoms with Crippen LogP contribution < -0.4 is 10.6 Å². The molecule has 1 rings (SSSR count). The van der Waals surface area contributed by atoms with E-state index in [1.807, 2.05) is 0 Å². The third-order valence-corrected chi connectivity index (χ3v) is 4.99. The minimum Gasteiger partial charge on any atom is -0.397 e. The molecule has 1 aromatic carbocycles. The van der Waals surface area contributed by atoms with E-state index < -0.39 is 10.0 Å². The van der Waals surface area contributed by atoms with Crippen molar-refractivity contribution >= 4 is 21.4 Å². The van der Waals surface area contributed by atoms with Crippen LogP contribution in [0.4, 0.5) is 11.4 Å². The lowest BCUT2D eigenvalue weighted by atomic mass is 10.2.